The highest BCUT2D eigenvalue weighted by Gasteiger charge is 2.13. The second kappa shape index (κ2) is 2.46. The van der Waals surface area contributed by atoms with E-state index in [9.17, 15) is 0 Å². The normalized spacial score (nSPS) is 39.8. The largest absolute Gasteiger partial charge is 0.353 e. The smallest absolute Gasteiger partial charge is 0.155 e. The molecule has 1 aliphatic rings. The Labute approximate surface area is 49.8 Å². The summed E-state index contributed by atoms with van der Waals surface area (Å²) in [5, 5.41) is 0. The van der Waals surface area contributed by atoms with E-state index in [1.54, 1.807) is 0 Å². The first-order chi connectivity index (χ1) is 3.79. The van der Waals surface area contributed by atoms with Gasteiger partial charge in [-0.15, -0.1) is 0 Å². The predicted octanol–water partition coefficient (Wildman–Crippen LogP) is 1.16. The van der Waals surface area contributed by atoms with Crippen molar-refractivity contribution in [3.63, 3.8) is 0 Å². The highest BCUT2D eigenvalue weighted by Crippen LogP contribution is 2.09. The molecule has 2 heteroatoms. The topological polar surface area (TPSA) is 18.5 Å². The Bertz CT molecular complexity index is 64.9. The van der Waals surface area contributed by atoms with Crippen molar-refractivity contribution in [2.45, 2.75) is 32.7 Å². The molecule has 1 fully saturated rings. The van der Waals surface area contributed by atoms with Crippen molar-refractivity contribution in [3.05, 3.63) is 0 Å². The summed E-state index contributed by atoms with van der Waals surface area (Å²) >= 11 is 0. The van der Waals surface area contributed by atoms with Gasteiger partial charge in [0.1, 0.15) is 0 Å². The molecule has 1 heterocycles. The zero-order valence-electron chi connectivity index (χ0n) is 5.39. The molecule has 8 heavy (non-hydrogen) atoms. The zero-order valence-corrected chi connectivity index (χ0v) is 5.39. The van der Waals surface area contributed by atoms with E-state index in [0.29, 0.717) is 6.10 Å². The van der Waals surface area contributed by atoms with Crippen LogP contribution >= 0.6 is 0 Å². The summed E-state index contributed by atoms with van der Waals surface area (Å²) in [5.41, 5.74) is 0. The van der Waals surface area contributed by atoms with Gasteiger partial charge in [0.2, 0.25) is 0 Å². The van der Waals surface area contributed by atoms with Crippen LogP contribution in [0.25, 0.3) is 0 Å². The molecule has 0 saturated carbocycles. The maximum absolute atomic E-state index is 5.26. The lowest BCUT2D eigenvalue weighted by Crippen LogP contribution is -2.27. The Morgan fingerprint density at radius 2 is 2.12 bits per heavy atom. The van der Waals surface area contributed by atoms with E-state index in [-0.39, 0.29) is 6.29 Å². The summed E-state index contributed by atoms with van der Waals surface area (Å²) in [4.78, 5) is 0. The van der Waals surface area contributed by atoms with Crippen LogP contribution in [0.1, 0.15) is 20.3 Å². The second-order valence-electron chi connectivity index (χ2n) is 2.17. The summed E-state index contributed by atoms with van der Waals surface area (Å²) < 4.78 is 10.4. The number of rotatable bonds is 0. The highest BCUT2D eigenvalue weighted by molar-refractivity contribution is 4.54. The third-order valence-corrected chi connectivity index (χ3v) is 1.30. The molecule has 2 unspecified atom stereocenters. The molecule has 1 rings (SSSR count). The lowest BCUT2D eigenvalue weighted by molar-refractivity contribution is -0.197. The zero-order chi connectivity index (χ0) is 5.98. The van der Waals surface area contributed by atoms with Gasteiger partial charge >= 0.3 is 0 Å². The summed E-state index contributed by atoms with van der Waals surface area (Å²) in [6.45, 7) is 4.84. The van der Waals surface area contributed by atoms with Crippen molar-refractivity contribution in [2.75, 3.05) is 6.61 Å². The molecule has 0 bridgehead atoms. The molecule has 0 radical (unpaired) electrons. The van der Waals surface area contributed by atoms with Crippen LogP contribution in [-0.2, 0) is 9.47 Å². The maximum Gasteiger partial charge on any atom is 0.155 e. The molecule has 0 aromatic rings. The van der Waals surface area contributed by atoms with E-state index in [1.165, 1.54) is 0 Å². The SMILES string of the molecule is CC1CCOC(C)O1. The fourth-order valence-electron chi connectivity index (χ4n) is 0.834. The molecule has 48 valence electrons. The van der Waals surface area contributed by atoms with E-state index in [0.717, 1.165) is 13.0 Å². The lowest BCUT2D eigenvalue weighted by Gasteiger charge is -2.24. The van der Waals surface area contributed by atoms with Gasteiger partial charge in [-0.05, 0) is 20.3 Å². The molecule has 1 saturated heterocycles. The van der Waals surface area contributed by atoms with Gasteiger partial charge in [0.05, 0.1) is 12.7 Å². The van der Waals surface area contributed by atoms with Crippen LogP contribution in [0.3, 0.4) is 0 Å². The standard InChI is InChI=1S/C6H12O2/c1-5-3-4-7-6(2)8-5/h5-6H,3-4H2,1-2H3. The highest BCUT2D eigenvalue weighted by atomic mass is 16.7. The Balaban J connectivity index is 2.23. The van der Waals surface area contributed by atoms with Crippen LogP contribution in [0, 0.1) is 0 Å². The summed E-state index contributed by atoms with van der Waals surface area (Å²) in [5.74, 6) is 0. The summed E-state index contributed by atoms with van der Waals surface area (Å²) in [7, 11) is 0. The first kappa shape index (κ1) is 6.05. The summed E-state index contributed by atoms with van der Waals surface area (Å²) in [6, 6.07) is 0. The minimum atomic E-state index is 0.0127. The molecule has 0 N–H and O–H groups in total. The van der Waals surface area contributed by atoms with Crippen LogP contribution < -0.4 is 0 Å². The fraction of sp³-hybridized carbons (Fsp3) is 1.00. The van der Waals surface area contributed by atoms with Gasteiger partial charge in [-0.25, -0.2) is 0 Å². The Morgan fingerprint density at radius 3 is 2.50 bits per heavy atom. The Hall–Kier alpha value is -0.0800. The van der Waals surface area contributed by atoms with Gasteiger partial charge in [0, 0.05) is 0 Å². The molecule has 0 aromatic heterocycles. The summed E-state index contributed by atoms with van der Waals surface area (Å²) in [6.07, 6.45) is 1.43. The Kier molecular flexibility index (Phi) is 1.86. The van der Waals surface area contributed by atoms with E-state index in [2.05, 4.69) is 6.92 Å². The monoisotopic (exact) mass is 116 g/mol. The molecule has 0 amide bonds. The molecule has 0 aliphatic carbocycles. The third kappa shape index (κ3) is 1.46. The van der Waals surface area contributed by atoms with E-state index in [4.69, 9.17) is 9.47 Å². The van der Waals surface area contributed by atoms with Crippen LogP contribution in [-0.4, -0.2) is 19.0 Å². The van der Waals surface area contributed by atoms with Gasteiger partial charge in [-0.2, -0.15) is 0 Å². The van der Waals surface area contributed by atoms with Gasteiger partial charge in [-0.1, -0.05) is 0 Å². The number of hydrogen-bond acceptors (Lipinski definition) is 2. The average Bonchev–Trinajstić information content (AvgIpc) is 1.64. The lowest BCUT2D eigenvalue weighted by atomic mass is 10.3. The van der Waals surface area contributed by atoms with Crippen molar-refractivity contribution < 1.29 is 9.47 Å². The molecule has 0 spiro atoms. The predicted molar refractivity (Wildman–Crippen MR) is 30.6 cm³/mol. The minimum Gasteiger partial charge on any atom is -0.353 e. The van der Waals surface area contributed by atoms with Gasteiger partial charge < -0.3 is 9.47 Å². The average molecular weight is 116 g/mol. The number of hydrogen-bond donors (Lipinski definition) is 0. The molecule has 0 aromatic carbocycles. The molecule has 2 atom stereocenters. The Morgan fingerprint density at radius 1 is 1.38 bits per heavy atom. The third-order valence-electron chi connectivity index (χ3n) is 1.30. The first-order valence-electron chi connectivity index (χ1n) is 3.06. The first-order valence-corrected chi connectivity index (χ1v) is 3.06. The van der Waals surface area contributed by atoms with Crippen LogP contribution in [0.15, 0.2) is 0 Å². The van der Waals surface area contributed by atoms with E-state index >= 15 is 0 Å². The number of ether oxygens (including phenoxy) is 2. The van der Waals surface area contributed by atoms with Crippen molar-refractivity contribution >= 4 is 0 Å². The van der Waals surface area contributed by atoms with Crippen LogP contribution in [0.5, 0.6) is 0 Å². The van der Waals surface area contributed by atoms with Crippen molar-refractivity contribution in [3.8, 4) is 0 Å². The minimum absolute atomic E-state index is 0.0127. The van der Waals surface area contributed by atoms with E-state index in [1.807, 2.05) is 6.92 Å². The van der Waals surface area contributed by atoms with Gasteiger partial charge in [0.25, 0.3) is 0 Å². The molecule has 1 aliphatic heterocycles. The van der Waals surface area contributed by atoms with Crippen molar-refractivity contribution in [2.24, 2.45) is 0 Å². The second-order valence-corrected chi connectivity index (χ2v) is 2.17. The van der Waals surface area contributed by atoms with Crippen LogP contribution in [0.4, 0.5) is 0 Å². The van der Waals surface area contributed by atoms with Gasteiger partial charge in [0.15, 0.2) is 6.29 Å². The van der Waals surface area contributed by atoms with Crippen molar-refractivity contribution in [1.82, 2.24) is 0 Å². The quantitative estimate of drug-likeness (QED) is 0.472. The molecular formula is C6H12O2. The van der Waals surface area contributed by atoms with Crippen LogP contribution in [0.2, 0.25) is 0 Å². The van der Waals surface area contributed by atoms with E-state index < -0.39 is 0 Å². The van der Waals surface area contributed by atoms with Gasteiger partial charge in [-0.3, -0.25) is 0 Å². The fourth-order valence-corrected chi connectivity index (χ4v) is 0.834. The molecular weight excluding hydrogens is 104 g/mol. The van der Waals surface area contributed by atoms with Crippen molar-refractivity contribution in [1.29, 1.82) is 0 Å². The maximum atomic E-state index is 5.26. The molecule has 2 nitrogen and oxygen atoms in total.